The summed E-state index contributed by atoms with van der Waals surface area (Å²) in [5.41, 5.74) is 2.50. The molecule has 164 valence electrons. The Bertz CT molecular complexity index is 1150. The van der Waals surface area contributed by atoms with Crippen LogP contribution in [0.5, 0.6) is 0 Å². The molecule has 0 bridgehead atoms. The highest BCUT2D eigenvalue weighted by atomic mass is 35.5. The van der Waals surface area contributed by atoms with Gasteiger partial charge in [0.2, 0.25) is 5.91 Å². The number of rotatable bonds is 6. The van der Waals surface area contributed by atoms with E-state index in [1.165, 1.54) is 18.9 Å². The molecule has 0 radical (unpaired) electrons. The fourth-order valence-corrected chi connectivity index (χ4v) is 4.50. The minimum Gasteiger partial charge on any atom is -0.466 e. The number of nitrogens with one attached hydrogen (secondary N) is 2. The highest BCUT2D eigenvalue weighted by molar-refractivity contribution is 8.03. The van der Waals surface area contributed by atoms with Crippen LogP contribution in [0.25, 0.3) is 0 Å². The van der Waals surface area contributed by atoms with Crippen LogP contribution < -0.4 is 10.6 Å². The fourth-order valence-electron chi connectivity index (χ4n) is 3.30. The number of allylic oxidation sites excluding steroid dienone is 2. The number of carbonyl (C=O) groups is 2. The predicted molar refractivity (Wildman–Crippen MR) is 127 cm³/mol. The number of nitrogens with zero attached hydrogens (tertiary/aromatic N) is 1. The van der Waals surface area contributed by atoms with E-state index in [2.05, 4.69) is 16.7 Å². The van der Waals surface area contributed by atoms with Crippen LogP contribution in [0.1, 0.15) is 18.4 Å². The number of thioether (sulfide) groups is 1. The van der Waals surface area contributed by atoms with Crippen molar-refractivity contribution in [3.63, 3.8) is 0 Å². The van der Waals surface area contributed by atoms with Crippen molar-refractivity contribution in [2.24, 2.45) is 0 Å². The van der Waals surface area contributed by atoms with Gasteiger partial charge in [0, 0.05) is 21.4 Å². The zero-order chi connectivity index (χ0) is 23.3. The first kappa shape index (κ1) is 23.7. The third kappa shape index (κ3) is 5.46. The molecule has 0 aromatic heterocycles. The lowest BCUT2D eigenvalue weighted by atomic mass is 9.82. The average molecular weight is 488 g/mol. The van der Waals surface area contributed by atoms with Gasteiger partial charge in [0.25, 0.3) is 0 Å². The number of halogens is 2. The van der Waals surface area contributed by atoms with Crippen LogP contribution in [0, 0.1) is 11.3 Å². The summed E-state index contributed by atoms with van der Waals surface area (Å²) in [5, 5.41) is 17.4. The van der Waals surface area contributed by atoms with Crippen molar-refractivity contribution in [2.75, 3.05) is 18.2 Å². The van der Waals surface area contributed by atoms with E-state index in [4.69, 9.17) is 27.9 Å². The van der Waals surface area contributed by atoms with E-state index < -0.39 is 11.9 Å². The Morgan fingerprint density at radius 1 is 1.19 bits per heavy atom. The molecule has 3 rings (SSSR count). The topological polar surface area (TPSA) is 91.2 Å². The molecule has 0 unspecified atom stereocenters. The molecule has 2 aromatic carbocycles. The van der Waals surface area contributed by atoms with E-state index in [1.54, 1.807) is 55.5 Å². The van der Waals surface area contributed by atoms with Crippen molar-refractivity contribution >= 4 is 52.5 Å². The number of nitriles is 1. The summed E-state index contributed by atoms with van der Waals surface area (Å²) < 4.78 is 4.96. The van der Waals surface area contributed by atoms with Crippen molar-refractivity contribution in [3.8, 4) is 6.07 Å². The van der Waals surface area contributed by atoms with Crippen LogP contribution in [-0.2, 0) is 14.3 Å². The van der Waals surface area contributed by atoms with Gasteiger partial charge in [-0.2, -0.15) is 5.26 Å². The minimum atomic E-state index is -0.649. The minimum absolute atomic E-state index is 0.0498. The first-order valence-corrected chi connectivity index (χ1v) is 11.2. The second-order valence-corrected chi connectivity index (χ2v) is 8.70. The molecule has 6 nitrogen and oxygen atoms in total. The highest BCUT2D eigenvalue weighted by Crippen LogP contribution is 2.41. The molecule has 1 aliphatic heterocycles. The summed E-state index contributed by atoms with van der Waals surface area (Å²) in [7, 11) is 1.29. The Kier molecular flexibility index (Phi) is 7.86. The first-order chi connectivity index (χ1) is 15.3. The third-order valence-electron chi connectivity index (χ3n) is 4.71. The maximum Gasteiger partial charge on any atom is 0.336 e. The molecule has 0 saturated heterocycles. The van der Waals surface area contributed by atoms with E-state index in [9.17, 15) is 14.9 Å². The molecular formula is C23H19Cl2N3O3S. The average Bonchev–Trinajstić information content (AvgIpc) is 2.77. The van der Waals surface area contributed by atoms with Crippen LogP contribution in [-0.4, -0.2) is 24.7 Å². The third-order valence-corrected chi connectivity index (χ3v) is 6.22. The monoisotopic (exact) mass is 487 g/mol. The number of anilines is 1. The van der Waals surface area contributed by atoms with Crippen LogP contribution in [0.2, 0.25) is 10.0 Å². The van der Waals surface area contributed by atoms with Gasteiger partial charge in [-0.05, 0) is 42.8 Å². The number of hydrogen-bond acceptors (Lipinski definition) is 6. The second kappa shape index (κ2) is 10.6. The van der Waals surface area contributed by atoms with Crippen molar-refractivity contribution in [3.05, 3.63) is 86.0 Å². The Hall–Kier alpha value is -2.92. The largest absolute Gasteiger partial charge is 0.466 e. The maximum atomic E-state index is 12.5. The molecular weight excluding hydrogens is 469 g/mol. The zero-order valence-electron chi connectivity index (χ0n) is 17.2. The van der Waals surface area contributed by atoms with Crippen LogP contribution in [0.15, 0.2) is 70.4 Å². The molecule has 0 aliphatic carbocycles. The lowest BCUT2D eigenvalue weighted by molar-refractivity contribution is -0.136. The van der Waals surface area contributed by atoms with Gasteiger partial charge in [0.1, 0.15) is 0 Å². The predicted octanol–water partition coefficient (Wildman–Crippen LogP) is 5.23. The number of esters is 1. The Balaban J connectivity index is 1.89. The quantitative estimate of drug-likeness (QED) is 0.541. The lowest BCUT2D eigenvalue weighted by Crippen LogP contribution is -2.29. The SMILES string of the molecule is COC(=O)C1=C(C)NC(SCC(=O)Nc2cccc(Cl)c2)=C(C#N)[C@H]1c1ccc(Cl)cc1. The summed E-state index contributed by atoms with van der Waals surface area (Å²) in [4.78, 5) is 25.0. The summed E-state index contributed by atoms with van der Waals surface area (Å²) >= 11 is 13.1. The fraction of sp³-hybridized carbons (Fsp3) is 0.174. The van der Waals surface area contributed by atoms with Crippen LogP contribution in [0.4, 0.5) is 5.69 Å². The number of hydrogen-bond donors (Lipinski definition) is 2. The molecule has 2 N–H and O–H groups in total. The zero-order valence-corrected chi connectivity index (χ0v) is 19.6. The van der Waals surface area contributed by atoms with Gasteiger partial charge in [0.05, 0.1) is 41.0 Å². The van der Waals surface area contributed by atoms with Gasteiger partial charge >= 0.3 is 5.97 Å². The lowest BCUT2D eigenvalue weighted by Gasteiger charge is -2.29. The molecule has 1 atom stereocenters. The first-order valence-electron chi connectivity index (χ1n) is 9.48. The summed E-state index contributed by atoms with van der Waals surface area (Å²) in [5.74, 6) is -1.39. The number of ether oxygens (including phenoxy) is 1. The van der Waals surface area contributed by atoms with Crippen molar-refractivity contribution in [2.45, 2.75) is 12.8 Å². The van der Waals surface area contributed by atoms with Crippen molar-refractivity contribution in [1.82, 2.24) is 5.32 Å². The highest BCUT2D eigenvalue weighted by Gasteiger charge is 2.35. The second-order valence-electron chi connectivity index (χ2n) is 6.84. The number of carbonyl (C=O) groups excluding carboxylic acids is 2. The van der Waals surface area contributed by atoms with E-state index in [0.717, 1.165) is 0 Å². The molecule has 9 heteroatoms. The van der Waals surface area contributed by atoms with Crippen molar-refractivity contribution < 1.29 is 14.3 Å². The molecule has 0 spiro atoms. The van der Waals surface area contributed by atoms with Gasteiger partial charge in [0.15, 0.2) is 0 Å². The summed E-state index contributed by atoms with van der Waals surface area (Å²) in [6.07, 6.45) is 0. The number of amides is 1. The Morgan fingerprint density at radius 2 is 1.91 bits per heavy atom. The van der Waals surface area contributed by atoms with Crippen LogP contribution in [0.3, 0.4) is 0 Å². The molecule has 0 saturated carbocycles. The molecule has 32 heavy (non-hydrogen) atoms. The maximum absolute atomic E-state index is 12.5. The van der Waals surface area contributed by atoms with E-state index in [1.807, 2.05) is 0 Å². The molecule has 0 fully saturated rings. The number of methoxy groups -OCH3 is 1. The Morgan fingerprint density at radius 3 is 2.53 bits per heavy atom. The molecule has 2 aromatic rings. The van der Waals surface area contributed by atoms with Gasteiger partial charge in [-0.1, -0.05) is 53.2 Å². The van der Waals surface area contributed by atoms with Gasteiger partial charge in [-0.25, -0.2) is 4.79 Å². The smallest absolute Gasteiger partial charge is 0.336 e. The molecule has 1 heterocycles. The Labute approximate surface area is 200 Å². The van der Waals surface area contributed by atoms with E-state index >= 15 is 0 Å². The molecule has 1 aliphatic rings. The number of dihydropyridines is 1. The summed E-state index contributed by atoms with van der Waals surface area (Å²) in [6.45, 7) is 1.73. The molecule has 1 amide bonds. The van der Waals surface area contributed by atoms with Gasteiger partial charge < -0.3 is 15.4 Å². The van der Waals surface area contributed by atoms with Crippen LogP contribution >= 0.6 is 35.0 Å². The van der Waals surface area contributed by atoms with Gasteiger partial charge in [-0.15, -0.1) is 0 Å². The summed E-state index contributed by atoms with van der Waals surface area (Å²) in [6, 6.07) is 16.0. The normalized spacial score (nSPS) is 15.7. The van der Waals surface area contributed by atoms with Crippen molar-refractivity contribution in [1.29, 1.82) is 5.26 Å². The number of benzene rings is 2. The van der Waals surface area contributed by atoms with E-state index in [0.29, 0.717) is 43.2 Å². The standard InChI is InChI=1S/C23H19Cl2N3O3S/c1-13-20(23(30)31-2)21(14-6-8-15(24)9-7-14)18(11-26)22(27-13)32-12-19(29)28-17-5-3-4-16(25)10-17/h3-10,21,27H,12H2,1-2H3,(H,28,29)/t21-/m1/s1. The van der Waals surface area contributed by atoms with Gasteiger partial charge in [-0.3, -0.25) is 4.79 Å². The van der Waals surface area contributed by atoms with E-state index in [-0.39, 0.29) is 11.7 Å².